The van der Waals surface area contributed by atoms with Crippen molar-refractivity contribution < 1.29 is 0 Å². The van der Waals surface area contributed by atoms with E-state index in [4.69, 9.17) is 24.8 Å². The van der Waals surface area contributed by atoms with Gasteiger partial charge in [0, 0.05) is 37.3 Å². The Balaban J connectivity index is 2.25. The average Bonchev–Trinajstić information content (AvgIpc) is 2.47. The van der Waals surface area contributed by atoms with Crippen LogP contribution in [-0.4, -0.2) is 41.9 Å². The van der Waals surface area contributed by atoms with Gasteiger partial charge < -0.3 is 0 Å². The highest BCUT2D eigenvalue weighted by Gasteiger charge is 2.43. The van der Waals surface area contributed by atoms with Crippen molar-refractivity contribution in [2.45, 2.75) is 71.9 Å². The molecular formula is C15H36ClN8P3. The maximum absolute atomic E-state index is 7.13. The molecule has 2 unspecified atom stereocenters. The molecule has 0 aromatic rings. The highest BCUT2D eigenvalue weighted by Crippen LogP contribution is 2.77. The van der Waals surface area contributed by atoms with E-state index >= 15 is 0 Å². The minimum atomic E-state index is -2.56. The van der Waals surface area contributed by atoms with Gasteiger partial charge in [-0.2, -0.15) is 13.5 Å². The molecule has 3 aliphatic rings. The van der Waals surface area contributed by atoms with Crippen molar-refractivity contribution in [2.24, 2.45) is 13.5 Å². The van der Waals surface area contributed by atoms with E-state index < -0.39 is 21.7 Å². The molecule has 0 saturated carbocycles. The maximum atomic E-state index is 7.13. The molecule has 0 aromatic carbocycles. The summed E-state index contributed by atoms with van der Waals surface area (Å²) in [5, 5.41) is 14.7. The van der Waals surface area contributed by atoms with Crippen LogP contribution in [0.5, 0.6) is 0 Å². The Morgan fingerprint density at radius 3 is 2.04 bits per heavy atom. The van der Waals surface area contributed by atoms with Crippen molar-refractivity contribution in [3.8, 4) is 0 Å². The second-order valence-electron chi connectivity index (χ2n) is 9.52. The van der Waals surface area contributed by atoms with Crippen LogP contribution in [0.25, 0.3) is 0 Å². The van der Waals surface area contributed by atoms with E-state index in [2.05, 4.69) is 66.6 Å². The first-order chi connectivity index (χ1) is 12.3. The average molecular weight is 457 g/mol. The molecule has 2 bridgehead atoms. The Morgan fingerprint density at radius 1 is 0.815 bits per heavy atom. The van der Waals surface area contributed by atoms with Crippen LogP contribution in [0.1, 0.15) is 60.8 Å². The minimum absolute atomic E-state index is 0.150. The minimum Gasteiger partial charge on any atom is -0.253 e. The molecule has 3 aliphatic heterocycles. The molecule has 1 spiro atoms. The Morgan fingerprint density at radius 2 is 1.41 bits per heavy atom. The monoisotopic (exact) mass is 456 g/mol. The zero-order valence-corrected chi connectivity index (χ0v) is 20.9. The van der Waals surface area contributed by atoms with Crippen LogP contribution in [0.15, 0.2) is 13.5 Å². The second-order valence-corrected chi connectivity index (χ2v) is 18.1. The van der Waals surface area contributed by atoms with E-state index in [9.17, 15) is 0 Å². The van der Waals surface area contributed by atoms with Crippen molar-refractivity contribution in [1.82, 2.24) is 25.0 Å². The van der Waals surface area contributed by atoms with E-state index in [1.807, 2.05) is 0 Å². The summed E-state index contributed by atoms with van der Waals surface area (Å²) in [6, 6.07) is 0. The number of hydrogen-bond acceptors (Lipinski definition) is 8. The molecule has 4 N–H and O–H groups in total. The molecule has 0 amide bonds. The summed E-state index contributed by atoms with van der Waals surface area (Å²) >= 11 is 7.13. The lowest BCUT2D eigenvalue weighted by Gasteiger charge is -2.44. The number of nitrogens with zero attached hydrogens (tertiary/aromatic N) is 4. The number of halogens is 1. The van der Waals surface area contributed by atoms with Crippen molar-refractivity contribution >= 4 is 33.0 Å². The van der Waals surface area contributed by atoms with Crippen LogP contribution < -0.4 is 20.3 Å². The molecule has 8 nitrogen and oxygen atoms in total. The fourth-order valence-corrected chi connectivity index (χ4v) is 17.5. The van der Waals surface area contributed by atoms with Crippen molar-refractivity contribution in [2.75, 3.05) is 26.2 Å². The van der Waals surface area contributed by atoms with Gasteiger partial charge in [-0.25, -0.2) is 14.8 Å². The third-order valence-corrected chi connectivity index (χ3v) is 16.2. The Hall–Kier alpha value is 0.780. The van der Waals surface area contributed by atoms with Crippen LogP contribution in [0.2, 0.25) is 0 Å². The van der Waals surface area contributed by atoms with Crippen molar-refractivity contribution in [3.05, 3.63) is 0 Å². The van der Waals surface area contributed by atoms with E-state index in [-0.39, 0.29) is 11.1 Å². The normalized spacial score (nSPS) is 34.8. The Bertz CT molecular complexity index is 716. The maximum Gasteiger partial charge on any atom is 0.236 e. The predicted molar refractivity (Wildman–Crippen MR) is 121 cm³/mol. The number of rotatable bonds is 2. The van der Waals surface area contributed by atoms with Crippen LogP contribution >= 0.6 is 33.0 Å². The Kier molecular flexibility index (Phi) is 6.49. The lowest BCUT2D eigenvalue weighted by molar-refractivity contribution is 0.400. The molecule has 3 rings (SSSR count). The molecule has 2 atom stereocenters. The third kappa shape index (κ3) is 5.69. The second kappa shape index (κ2) is 7.80. The topological polar surface area (TPSA) is 88.4 Å². The van der Waals surface area contributed by atoms with E-state index in [0.717, 1.165) is 45.4 Å². The molecule has 0 aliphatic carbocycles. The van der Waals surface area contributed by atoms with Gasteiger partial charge in [0.15, 0.2) is 0 Å². The zero-order chi connectivity index (χ0) is 20.0. The lowest BCUT2D eigenvalue weighted by atomic mass is 10.1. The molecule has 1 fully saturated rings. The van der Waals surface area contributed by atoms with Crippen LogP contribution in [0.4, 0.5) is 0 Å². The third-order valence-electron chi connectivity index (χ3n) is 4.20. The van der Waals surface area contributed by atoms with Crippen molar-refractivity contribution in [3.63, 3.8) is 0 Å². The van der Waals surface area contributed by atoms with Gasteiger partial charge >= 0.3 is 0 Å². The molecular weight excluding hydrogens is 421 g/mol. The van der Waals surface area contributed by atoms with Gasteiger partial charge in [0.25, 0.3) is 0 Å². The Labute approximate surface area is 169 Å². The molecule has 27 heavy (non-hydrogen) atoms. The summed E-state index contributed by atoms with van der Waals surface area (Å²) < 4.78 is 18.2. The smallest absolute Gasteiger partial charge is 0.236 e. The highest BCUT2D eigenvalue weighted by atomic mass is 35.7. The van der Waals surface area contributed by atoms with Crippen LogP contribution in [0, 0.1) is 0 Å². The zero-order valence-electron chi connectivity index (χ0n) is 17.5. The number of hydrogen-bond donors (Lipinski definition) is 4. The molecule has 12 heteroatoms. The van der Waals surface area contributed by atoms with E-state index in [1.165, 1.54) is 0 Å². The SMILES string of the molecule is CC(C)(C)NP1(NC(C)(C)C)=NP23=NP(Cl)(=N1)NCCCCN2CCCN3. The summed E-state index contributed by atoms with van der Waals surface area (Å²) in [4.78, 5) is 0. The van der Waals surface area contributed by atoms with Crippen LogP contribution in [0.3, 0.4) is 0 Å². The van der Waals surface area contributed by atoms with Gasteiger partial charge in [-0.3, -0.25) is 10.2 Å². The van der Waals surface area contributed by atoms with Gasteiger partial charge in [-0.15, -0.1) is 0 Å². The van der Waals surface area contributed by atoms with Gasteiger partial charge in [-0.1, -0.05) is 0 Å². The molecule has 0 radical (unpaired) electrons. The van der Waals surface area contributed by atoms with Crippen LogP contribution in [-0.2, 0) is 0 Å². The summed E-state index contributed by atoms with van der Waals surface area (Å²) in [5.74, 6) is 0. The summed E-state index contributed by atoms with van der Waals surface area (Å²) in [7, 11) is -4.77. The van der Waals surface area contributed by atoms with Gasteiger partial charge in [0.2, 0.25) is 21.7 Å². The molecule has 1 saturated heterocycles. The van der Waals surface area contributed by atoms with Gasteiger partial charge in [0.1, 0.15) is 0 Å². The first kappa shape index (κ1) is 22.5. The largest absolute Gasteiger partial charge is 0.253 e. The summed E-state index contributed by atoms with van der Waals surface area (Å²) in [6.45, 7) is 14.2. The fraction of sp³-hybridized carbons (Fsp3) is 1.00. The number of fused-ring (bicyclic) bond motifs is 1. The van der Waals surface area contributed by atoms with Crippen molar-refractivity contribution in [1.29, 1.82) is 0 Å². The van der Waals surface area contributed by atoms with Gasteiger partial charge in [0.05, 0.1) is 0 Å². The predicted octanol–water partition coefficient (Wildman–Crippen LogP) is 5.53. The number of nitrogens with one attached hydrogen (secondary N) is 4. The first-order valence-corrected chi connectivity index (χ1v) is 15.7. The molecule has 0 aromatic heterocycles. The lowest BCUT2D eigenvalue weighted by Crippen LogP contribution is -2.44. The molecule has 3 heterocycles. The quantitative estimate of drug-likeness (QED) is 0.410. The highest BCUT2D eigenvalue weighted by molar-refractivity contribution is 7.96. The standard InChI is InChI=1S/C15H36ClN8P3/c1-14(2,3)19-26(20-15(4,5)6)21-25(16)17-10-7-8-12-24-13-9-11-18-27(24,22-25)23-26/h17-20H,7-13H2,1-6H3. The van der Waals surface area contributed by atoms with E-state index in [1.54, 1.807) is 0 Å². The molecule has 158 valence electrons. The van der Waals surface area contributed by atoms with E-state index in [0.29, 0.717) is 0 Å². The van der Waals surface area contributed by atoms with Gasteiger partial charge in [-0.05, 0) is 72.0 Å². The summed E-state index contributed by atoms with van der Waals surface area (Å²) in [6.07, 6.45) is 3.33. The first-order valence-electron chi connectivity index (χ1n) is 9.80. The summed E-state index contributed by atoms with van der Waals surface area (Å²) in [5.41, 5.74) is -0.300. The fourth-order valence-electron chi connectivity index (χ4n) is 3.49.